The fourth-order valence-corrected chi connectivity index (χ4v) is 1.75. The molecule has 0 aliphatic heterocycles. The summed E-state index contributed by atoms with van der Waals surface area (Å²) in [7, 11) is 1.59. The molecule has 19 heavy (non-hydrogen) atoms. The highest BCUT2D eigenvalue weighted by Crippen LogP contribution is 2.16. The maximum Gasteiger partial charge on any atom is 0.226 e. The fourth-order valence-electron chi connectivity index (χ4n) is 1.75. The smallest absolute Gasteiger partial charge is 0.226 e. The number of amides is 1. The number of hydrogen-bond donors (Lipinski definition) is 2. The Bertz CT molecular complexity index is 376. The Balaban J connectivity index is 2.49. The Morgan fingerprint density at radius 3 is 2.58 bits per heavy atom. The molecule has 1 amide bonds. The second-order valence-corrected chi connectivity index (χ2v) is 4.59. The highest BCUT2D eigenvalue weighted by Gasteiger charge is 2.05. The van der Waals surface area contributed by atoms with Crippen molar-refractivity contribution in [3.05, 3.63) is 29.8 Å². The van der Waals surface area contributed by atoms with Crippen LogP contribution in [0, 0.1) is 0 Å². The Morgan fingerprint density at radius 2 is 2.00 bits per heavy atom. The van der Waals surface area contributed by atoms with E-state index in [0.29, 0.717) is 19.1 Å². The standard InChI is InChI=1S/C15H24N2O2/c1-4-10-16-12(2)13-5-7-14(8-6-13)17-15(18)9-11-19-3/h5-8,12,16H,4,9-11H2,1-3H3,(H,17,18). The van der Waals surface area contributed by atoms with Crippen LogP contribution in [-0.4, -0.2) is 26.2 Å². The second-order valence-electron chi connectivity index (χ2n) is 4.59. The molecule has 106 valence electrons. The zero-order valence-corrected chi connectivity index (χ0v) is 12.0. The SMILES string of the molecule is CCCNC(C)c1ccc(NC(=O)CCOC)cc1. The predicted molar refractivity (Wildman–Crippen MR) is 78.3 cm³/mol. The molecule has 0 aromatic heterocycles. The number of rotatable bonds is 8. The van der Waals surface area contributed by atoms with Crippen LogP contribution in [0.25, 0.3) is 0 Å². The molecule has 0 bridgehead atoms. The van der Waals surface area contributed by atoms with Crippen LogP contribution in [-0.2, 0) is 9.53 Å². The van der Waals surface area contributed by atoms with E-state index in [0.717, 1.165) is 18.7 Å². The lowest BCUT2D eigenvalue weighted by Crippen LogP contribution is -2.19. The van der Waals surface area contributed by atoms with Gasteiger partial charge >= 0.3 is 0 Å². The van der Waals surface area contributed by atoms with Gasteiger partial charge in [-0.15, -0.1) is 0 Å². The van der Waals surface area contributed by atoms with Crippen molar-refractivity contribution in [2.45, 2.75) is 32.7 Å². The monoisotopic (exact) mass is 264 g/mol. The molecule has 0 heterocycles. The van der Waals surface area contributed by atoms with E-state index < -0.39 is 0 Å². The quantitative estimate of drug-likeness (QED) is 0.759. The first-order chi connectivity index (χ1) is 9.17. The third-order valence-electron chi connectivity index (χ3n) is 2.93. The van der Waals surface area contributed by atoms with Crippen LogP contribution in [0.15, 0.2) is 24.3 Å². The van der Waals surface area contributed by atoms with Crippen LogP contribution >= 0.6 is 0 Å². The maximum atomic E-state index is 11.5. The summed E-state index contributed by atoms with van der Waals surface area (Å²) >= 11 is 0. The first kappa shape index (κ1) is 15.7. The molecule has 0 saturated carbocycles. The number of ether oxygens (including phenoxy) is 1. The van der Waals surface area contributed by atoms with Gasteiger partial charge in [-0.2, -0.15) is 0 Å². The summed E-state index contributed by atoms with van der Waals surface area (Å²) in [6.07, 6.45) is 1.50. The molecule has 0 radical (unpaired) electrons. The first-order valence-corrected chi connectivity index (χ1v) is 6.79. The summed E-state index contributed by atoms with van der Waals surface area (Å²) in [6, 6.07) is 8.28. The molecule has 2 N–H and O–H groups in total. The van der Waals surface area contributed by atoms with Crippen molar-refractivity contribution < 1.29 is 9.53 Å². The van der Waals surface area contributed by atoms with Gasteiger partial charge in [-0.25, -0.2) is 0 Å². The molecule has 4 heteroatoms. The van der Waals surface area contributed by atoms with Crippen molar-refractivity contribution in [2.75, 3.05) is 25.6 Å². The summed E-state index contributed by atoms with van der Waals surface area (Å²) in [5.74, 6) is -0.0215. The Morgan fingerprint density at radius 1 is 1.32 bits per heavy atom. The van der Waals surface area contributed by atoms with Crippen LogP contribution in [0.4, 0.5) is 5.69 Å². The topological polar surface area (TPSA) is 50.4 Å². The molecule has 0 fully saturated rings. The predicted octanol–water partition coefficient (Wildman–Crippen LogP) is 2.72. The van der Waals surface area contributed by atoms with Crippen LogP contribution in [0.3, 0.4) is 0 Å². The van der Waals surface area contributed by atoms with Gasteiger partial charge in [-0.05, 0) is 37.6 Å². The molecule has 0 aliphatic carbocycles. The van der Waals surface area contributed by atoms with E-state index in [1.54, 1.807) is 7.11 Å². The van der Waals surface area contributed by atoms with E-state index >= 15 is 0 Å². The Kier molecular flexibility index (Phi) is 7.15. The molecule has 0 aliphatic rings. The highest BCUT2D eigenvalue weighted by atomic mass is 16.5. The summed E-state index contributed by atoms with van der Waals surface area (Å²) in [5.41, 5.74) is 2.05. The largest absolute Gasteiger partial charge is 0.384 e. The molecule has 0 saturated heterocycles. The van der Waals surface area contributed by atoms with Crippen LogP contribution < -0.4 is 10.6 Å². The van der Waals surface area contributed by atoms with E-state index in [9.17, 15) is 4.79 Å². The molecule has 4 nitrogen and oxygen atoms in total. The lowest BCUT2D eigenvalue weighted by Gasteiger charge is -2.14. The molecule has 1 rings (SSSR count). The van der Waals surface area contributed by atoms with E-state index in [-0.39, 0.29) is 5.91 Å². The van der Waals surface area contributed by atoms with Crippen LogP contribution in [0.1, 0.15) is 38.3 Å². The summed E-state index contributed by atoms with van der Waals surface area (Å²) in [4.78, 5) is 11.5. The zero-order chi connectivity index (χ0) is 14.1. The molecule has 1 unspecified atom stereocenters. The maximum absolute atomic E-state index is 11.5. The Labute approximate surface area is 115 Å². The summed E-state index contributed by atoms with van der Waals surface area (Å²) in [6.45, 7) is 5.75. The number of anilines is 1. The van der Waals surface area contributed by atoms with Crippen molar-refractivity contribution in [3.63, 3.8) is 0 Å². The molecule has 1 aromatic carbocycles. The third kappa shape index (κ3) is 5.85. The Hall–Kier alpha value is -1.39. The van der Waals surface area contributed by atoms with E-state index in [1.165, 1.54) is 5.56 Å². The minimum atomic E-state index is -0.0215. The van der Waals surface area contributed by atoms with Crippen molar-refractivity contribution in [2.24, 2.45) is 0 Å². The van der Waals surface area contributed by atoms with Gasteiger partial charge < -0.3 is 15.4 Å². The van der Waals surface area contributed by atoms with E-state index in [4.69, 9.17) is 4.74 Å². The number of benzene rings is 1. The van der Waals surface area contributed by atoms with Gasteiger partial charge in [0.2, 0.25) is 5.91 Å². The van der Waals surface area contributed by atoms with Gasteiger partial charge in [0.1, 0.15) is 0 Å². The van der Waals surface area contributed by atoms with Crippen LogP contribution in [0.2, 0.25) is 0 Å². The van der Waals surface area contributed by atoms with Gasteiger partial charge in [0.05, 0.1) is 13.0 Å². The number of carbonyl (C=O) groups excluding carboxylic acids is 1. The van der Waals surface area contributed by atoms with E-state index in [2.05, 4.69) is 24.5 Å². The molecule has 1 aromatic rings. The van der Waals surface area contributed by atoms with Gasteiger partial charge in [-0.3, -0.25) is 4.79 Å². The minimum Gasteiger partial charge on any atom is -0.384 e. The zero-order valence-electron chi connectivity index (χ0n) is 12.0. The van der Waals surface area contributed by atoms with Gasteiger partial charge in [-0.1, -0.05) is 19.1 Å². The molecular weight excluding hydrogens is 240 g/mol. The fraction of sp³-hybridized carbons (Fsp3) is 0.533. The lowest BCUT2D eigenvalue weighted by atomic mass is 10.1. The third-order valence-corrected chi connectivity index (χ3v) is 2.93. The van der Waals surface area contributed by atoms with Gasteiger partial charge in [0.15, 0.2) is 0 Å². The average molecular weight is 264 g/mol. The summed E-state index contributed by atoms with van der Waals surface area (Å²) in [5, 5.41) is 6.28. The average Bonchev–Trinajstić information content (AvgIpc) is 2.43. The number of nitrogens with one attached hydrogen (secondary N) is 2. The number of hydrogen-bond acceptors (Lipinski definition) is 3. The van der Waals surface area contributed by atoms with Gasteiger partial charge in [0.25, 0.3) is 0 Å². The molecule has 1 atom stereocenters. The van der Waals surface area contributed by atoms with E-state index in [1.807, 2.05) is 24.3 Å². The van der Waals surface area contributed by atoms with Crippen molar-refractivity contribution in [1.29, 1.82) is 0 Å². The molecular formula is C15H24N2O2. The second kappa shape index (κ2) is 8.67. The minimum absolute atomic E-state index is 0.0215. The first-order valence-electron chi connectivity index (χ1n) is 6.79. The van der Waals surface area contributed by atoms with Crippen molar-refractivity contribution in [1.82, 2.24) is 5.32 Å². The van der Waals surface area contributed by atoms with Crippen molar-refractivity contribution >= 4 is 11.6 Å². The van der Waals surface area contributed by atoms with Crippen molar-refractivity contribution in [3.8, 4) is 0 Å². The molecule has 0 spiro atoms. The number of methoxy groups -OCH3 is 1. The van der Waals surface area contributed by atoms with Gasteiger partial charge in [0, 0.05) is 18.8 Å². The van der Waals surface area contributed by atoms with Crippen LogP contribution in [0.5, 0.6) is 0 Å². The number of carbonyl (C=O) groups is 1. The highest BCUT2D eigenvalue weighted by molar-refractivity contribution is 5.90. The summed E-state index contributed by atoms with van der Waals surface area (Å²) < 4.78 is 4.87. The lowest BCUT2D eigenvalue weighted by molar-refractivity contribution is -0.117. The normalized spacial score (nSPS) is 12.2.